The number of amides is 1. The van der Waals surface area contributed by atoms with Crippen LogP contribution in [-0.2, 0) is 16.6 Å². The summed E-state index contributed by atoms with van der Waals surface area (Å²) in [4.78, 5) is 13.4. The highest BCUT2D eigenvalue weighted by molar-refractivity contribution is 7.89. The van der Waals surface area contributed by atoms with E-state index < -0.39 is 10.0 Å². The van der Waals surface area contributed by atoms with Gasteiger partial charge in [-0.05, 0) is 68.0 Å². The molecule has 8 heteroatoms. The zero-order chi connectivity index (χ0) is 25.3. The molecule has 1 fully saturated rings. The second-order valence-corrected chi connectivity index (χ2v) is 11.3. The van der Waals surface area contributed by atoms with Crippen molar-refractivity contribution in [3.05, 3.63) is 101 Å². The SMILES string of the molecule is Cc1ccc(S(=O)(=O)N2CCC(c3ccn4nc(C)c(C(=O)NCc5ccccc5)c4c3)CC2)cc1. The molecule has 1 amide bonds. The van der Waals surface area contributed by atoms with Crippen molar-refractivity contribution in [1.29, 1.82) is 0 Å². The molecule has 0 atom stereocenters. The summed E-state index contributed by atoms with van der Waals surface area (Å²) in [6.45, 7) is 5.17. The molecule has 0 saturated carbocycles. The highest BCUT2D eigenvalue weighted by Gasteiger charge is 2.30. The zero-order valence-corrected chi connectivity index (χ0v) is 21.3. The molecule has 0 aliphatic carbocycles. The first-order valence-corrected chi connectivity index (χ1v) is 13.6. The maximum absolute atomic E-state index is 13.1. The molecule has 5 rings (SSSR count). The molecule has 1 saturated heterocycles. The smallest absolute Gasteiger partial charge is 0.255 e. The Kier molecular flexibility index (Phi) is 6.64. The van der Waals surface area contributed by atoms with E-state index in [0.29, 0.717) is 35.8 Å². The molecule has 3 heterocycles. The van der Waals surface area contributed by atoms with Gasteiger partial charge in [-0.1, -0.05) is 48.0 Å². The number of carbonyl (C=O) groups is 1. The number of rotatable bonds is 6. The van der Waals surface area contributed by atoms with Crippen LogP contribution in [0.3, 0.4) is 0 Å². The molecule has 7 nitrogen and oxygen atoms in total. The molecule has 4 aromatic rings. The van der Waals surface area contributed by atoms with E-state index in [1.165, 1.54) is 0 Å². The summed E-state index contributed by atoms with van der Waals surface area (Å²) in [6.07, 6.45) is 3.34. The molecule has 2 aromatic heterocycles. The van der Waals surface area contributed by atoms with Crippen LogP contribution in [0.2, 0.25) is 0 Å². The molecule has 0 bridgehead atoms. The van der Waals surface area contributed by atoms with Crippen LogP contribution in [0.1, 0.15) is 51.5 Å². The van der Waals surface area contributed by atoms with Crippen molar-refractivity contribution in [2.75, 3.05) is 13.1 Å². The summed E-state index contributed by atoms with van der Waals surface area (Å²) in [5.41, 5.74) is 5.19. The number of nitrogens with one attached hydrogen (secondary N) is 1. The second kappa shape index (κ2) is 9.87. The van der Waals surface area contributed by atoms with Gasteiger partial charge in [0, 0.05) is 25.8 Å². The average Bonchev–Trinajstić information content (AvgIpc) is 3.23. The van der Waals surface area contributed by atoms with Crippen molar-refractivity contribution in [3.8, 4) is 0 Å². The lowest BCUT2D eigenvalue weighted by atomic mass is 9.90. The van der Waals surface area contributed by atoms with Gasteiger partial charge < -0.3 is 5.32 Å². The van der Waals surface area contributed by atoms with E-state index in [1.807, 2.05) is 74.6 Å². The monoisotopic (exact) mass is 502 g/mol. The van der Waals surface area contributed by atoms with E-state index in [1.54, 1.807) is 21.0 Å². The first-order valence-electron chi connectivity index (χ1n) is 12.2. The molecule has 1 N–H and O–H groups in total. The number of sulfonamides is 1. The third kappa shape index (κ3) is 4.79. The van der Waals surface area contributed by atoms with Crippen molar-refractivity contribution in [1.82, 2.24) is 19.2 Å². The number of pyridine rings is 1. The molecule has 2 aromatic carbocycles. The summed E-state index contributed by atoms with van der Waals surface area (Å²) < 4.78 is 29.5. The Labute approximate surface area is 211 Å². The van der Waals surface area contributed by atoms with Crippen LogP contribution in [0.15, 0.2) is 77.8 Å². The van der Waals surface area contributed by atoms with Gasteiger partial charge in [0.05, 0.1) is 21.7 Å². The Hall–Kier alpha value is -3.49. The summed E-state index contributed by atoms with van der Waals surface area (Å²) in [6, 6.07) is 20.9. The third-order valence-corrected chi connectivity index (χ3v) is 8.85. The van der Waals surface area contributed by atoms with Crippen LogP contribution in [0, 0.1) is 13.8 Å². The van der Waals surface area contributed by atoms with Crippen molar-refractivity contribution < 1.29 is 13.2 Å². The number of carbonyl (C=O) groups excluding carboxylic acids is 1. The predicted molar refractivity (Wildman–Crippen MR) is 139 cm³/mol. The van der Waals surface area contributed by atoms with Crippen molar-refractivity contribution in [2.24, 2.45) is 0 Å². The predicted octanol–water partition coefficient (Wildman–Crippen LogP) is 4.45. The van der Waals surface area contributed by atoms with E-state index >= 15 is 0 Å². The van der Waals surface area contributed by atoms with Gasteiger partial charge in [0.2, 0.25) is 10.0 Å². The standard InChI is InChI=1S/C28H30N4O3S/c1-20-8-10-25(11-9-20)36(34,35)31-15-12-23(13-16-31)24-14-17-32-26(18-24)27(21(2)30-32)28(33)29-19-22-6-4-3-5-7-22/h3-11,14,17-18,23H,12-13,15-16,19H2,1-2H3,(H,29,33). The van der Waals surface area contributed by atoms with E-state index in [4.69, 9.17) is 0 Å². The van der Waals surface area contributed by atoms with Gasteiger partial charge in [0.1, 0.15) is 0 Å². The summed E-state index contributed by atoms with van der Waals surface area (Å²) in [5.74, 6) is 0.0671. The lowest BCUT2D eigenvalue weighted by Crippen LogP contribution is -2.37. The minimum Gasteiger partial charge on any atom is -0.348 e. The molecule has 0 spiro atoms. The van der Waals surface area contributed by atoms with E-state index in [9.17, 15) is 13.2 Å². The Morgan fingerprint density at radius 1 is 1.00 bits per heavy atom. The summed E-state index contributed by atoms with van der Waals surface area (Å²) >= 11 is 0. The fourth-order valence-electron chi connectivity index (χ4n) is 4.87. The first kappa shape index (κ1) is 24.2. The van der Waals surface area contributed by atoms with E-state index in [-0.39, 0.29) is 11.8 Å². The number of aryl methyl sites for hydroxylation is 2. The quantitative estimate of drug-likeness (QED) is 0.422. The molecular weight excluding hydrogens is 472 g/mol. The number of fused-ring (bicyclic) bond motifs is 1. The number of benzene rings is 2. The molecule has 0 unspecified atom stereocenters. The van der Waals surface area contributed by atoms with Gasteiger partial charge in [-0.3, -0.25) is 4.79 Å². The summed E-state index contributed by atoms with van der Waals surface area (Å²) in [5, 5.41) is 7.54. The Bertz CT molecular complexity index is 1490. The van der Waals surface area contributed by atoms with E-state index in [0.717, 1.165) is 35.0 Å². The average molecular weight is 503 g/mol. The topological polar surface area (TPSA) is 83.8 Å². The largest absolute Gasteiger partial charge is 0.348 e. The fraction of sp³-hybridized carbons (Fsp3) is 0.286. The van der Waals surface area contributed by atoms with Gasteiger partial charge in [-0.25, -0.2) is 12.9 Å². The number of hydrogen-bond donors (Lipinski definition) is 1. The van der Waals surface area contributed by atoms with Crippen LogP contribution < -0.4 is 5.32 Å². The third-order valence-electron chi connectivity index (χ3n) is 6.94. The van der Waals surface area contributed by atoms with E-state index in [2.05, 4.69) is 10.4 Å². The van der Waals surface area contributed by atoms with Crippen LogP contribution in [0.5, 0.6) is 0 Å². The number of nitrogens with zero attached hydrogens (tertiary/aromatic N) is 3. The molecule has 36 heavy (non-hydrogen) atoms. The molecule has 0 radical (unpaired) electrons. The van der Waals surface area contributed by atoms with Crippen LogP contribution in [-0.4, -0.2) is 41.3 Å². The zero-order valence-electron chi connectivity index (χ0n) is 20.5. The van der Waals surface area contributed by atoms with Crippen LogP contribution in [0.25, 0.3) is 5.52 Å². The van der Waals surface area contributed by atoms with Gasteiger partial charge in [-0.15, -0.1) is 0 Å². The maximum Gasteiger partial charge on any atom is 0.255 e. The lowest BCUT2D eigenvalue weighted by Gasteiger charge is -2.31. The Morgan fingerprint density at radius 3 is 2.39 bits per heavy atom. The van der Waals surface area contributed by atoms with Gasteiger partial charge in [0.15, 0.2) is 0 Å². The highest BCUT2D eigenvalue weighted by Crippen LogP contribution is 2.32. The minimum atomic E-state index is -3.50. The van der Waals surface area contributed by atoms with Crippen LogP contribution in [0.4, 0.5) is 0 Å². The fourth-order valence-corrected chi connectivity index (χ4v) is 6.34. The lowest BCUT2D eigenvalue weighted by molar-refractivity contribution is 0.0952. The Morgan fingerprint density at radius 2 is 1.69 bits per heavy atom. The molecule has 1 aliphatic rings. The normalized spacial score (nSPS) is 15.3. The molecule has 186 valence electrons. The first-order chi connectivity index (χ1) is 17.3. The minimum absolute atomic E-state index is 0.150. The van der Waals surface area contributed by atoms with Crippen molar-refractivity contribution in [3.63, 3.8) is 0 Å². The number of aromatic nitrogens is 2. The number of hydrogen-bond acceptors (Lipinski definition) is 4. The van der Waals surface area contributed by atoms with Gasteiger partial charge >= 0.3 is 0 Å². The van der Waals surface area contributed by atoms with Gasteiger partial charge in [0.25, 0.3) is 5.91 Å². The Balaban J connectivity index is 1.32. The van der Waals surface area contributed by atoms with Gasteiger partial charge in [-0.2, -0.15) is 9.40 Å². The van der Waals surface area contributed by atoms with Crippen molar-refractivity contribution >= 4 is 21.4 Å². The highest BCUT2D eigenvalue weighted by atomic mass is 32.2. The van der Waals surface area contributed by atoms with Crippen molar-refractivity contribution in [2.45, 2.75) is 44.0 Å². The maximum atomic E-state index is 13.1. The summed E-state index contributed by atoms with van der Waals surface area (Å²) in [7, 11) is -3.50. The molecular formula is C28H30N4O3S. The van der Waals surface area contributed by atoms with Crippen LogP contribution >= 0.6 is 0 Å². The second-order valence-electron chi connectivity index (χ2n) is 9.41. The number of piperidine rings is 1. The molecule has 1 aliphatic heterocycles.